The molecule has 4 rings (SSSR count). The number of anilines is 1. The van der Waals surface area contributed by atoms with E-state index < -0.39 is 0 Å². The first-order valence-electron chi connectivity index (χ1n) is 8.78. The van der Waals surface area contributed by atoms with Crippen LogP contribution in [-0.2, 0) is 4.74 Å². The highest BCUT2D eigenvalue weighted by Crippen LogP contribution is 2.19. The van der Waals surface area contributed by atoms with E-state index >= 15 is 0 Å². The molecule has 2 aromatic carbocycles. The molecule has 0 bridgehead atoms. The summed E-state index contributed by atoms with van der Waals surface area (Å²) in [7, 11) is 0. The fourth-order valence-electron chi connectivity index (χ4n) is 3.01. The van der Waals surface area contributed by atoms with E-state index in [0.717, 1.165) is 36.1 Å². The first kappa shape index (κ1) is 16.5. The van der Waals surface area contributed by atoms with Crippen molar-refractivity contribution < 1.29 is 14.3 Å². The fraction of sp³-hybridized carbons (Fsp3) is 0.238. The largest absolute Gasteiger partial charge is 0.491 e. The Morgan fingerprint density at radius 2 is 2.04 bits per heavy atom. The third-order valence-electron chi connectivity index (χ3n) is 4.42. The lowest BCUT2D eigenvalue weighted by Crippen LogP contribution is -2.16. The molecule has 0 saturated carbocycles. The number of hydrogen-bond acceptors (Lipinski definition) is 4. The second-order valence-corrected chi connectivity index (χ2v) is 6.34. The van der Waals surface area contributed by atoms with Gasteiger partial charge in [-0.3, -0.25) is 9.78 Å². The smallest absolute Gasteiger partial charge is 0.255 e. The zero-order valence-electron chi connectivity index (χ0n) is 14.4. The van der Waals surface area contributed by atoms with Crippen LogP contribution in [0.3, 0.4) is 0 Å². The van der Waals surface area contributed by atoms with E-state index in [1.54, 1.807) is 18.3 Å². The van der Waals surface area contributed by atoms with E-state index in [-0.39, 0.29) is 12.0 Å². The molecular formula is C21H20N2O3. The summed E-state index contributed by atoms with van der Waals surface area (Å²) in [5.74, 6) is 0.567. The van der Waals surface area contributed by atoms with Crippen molar-refractivity contribution in [3.05, 3.63) is 66.4 Å². The summed E-state index contributed by atoms with van der Waals surface area (Å²) in [5, 5.41) is 3.87. The number of nitrogens with zero attached hydrogens (tertiary/aromatic N) is 1. The van der Waals surface area contributed by atoms with Crippen LogP contribution in [0.5, 0.6) is 5.75 Å². The third kappa shape index (κ3) is 3.83. The summed E-state index contributed by atoms with van der Waals surface area (Å²) in [6.45, 7) is 1.37. The number of nitrogens with one attached hydrogen (secondary N) is 1. The van der Waals surface area contributed by atoms with Gasteiger partial charge < -0.3 is 14.8 Å². The number of para-hydroxylation sites is 1. The highest BCUT2D eigenvalue weighted by molar-refractivity contribution is 6.04. The van der Waals surface area contributed by atoms with E-state index in [4.69, 9.17) is 9.47 Å². The van der Waals surface area contributed by atoms with Gasteiger partial charge in [-0.25, -0.2) is 0 Å². The van der Waals surface area contributed by atoms with Gasteiger partial charge in [0.15, 0.2) is 0 Å². The van der Waals surface area contributed by atoms with Crippen molar-refractivity contribution in [1.29, 1.82) is 0 Å². The van der Waals surface area contributed by atoms with Crippen LogP contribution < -0.4 is 10.1 Å². The van der Waals surface area contributed by atoms with Gasteiger partial charge in [-0.1, -0.05) is 18.2 Å². The first-order valence-corrected chi connectivity index (χ1v) is 8.78. The minimum absolute atomic E-state index is 0.173. The molecule has 0 aliphatic carbocycles. The van der Waals surface area contributed by atoms with Crippen molar-refractivity contribution in [2.45, 2.75) is 18.9 Å². The van der Waals surface area contributed by atoms with Crippen molar-refractivity contribution >= 4 is 22.5 Å². The van der Waals surface area contributed by atoms with E-state index in [9.17, 15) is 4.79 Å². The number of hydrogen-bond donors (Lipinski definition) is 1. The standard InChI is InChI=1S/C21H20N2O3/c24-21(23-17-12-16-4-1-2-6-20(16)22-13-17)15-7-9-18(10-8-15)26-14-19-5-3-11-25-19/h1-2,4,6-10,12-13,19H,3,5,11,14H2,(H,23,24). The number of aromatic nitrogens is 1. The maximum atomic E-state index is 12.4. The molecule has 1 aliphatic rings. The monoisotopic (exact) mass is 348 g/mol. The second kappa shape index (κ2) is 7.54. The summed E-state index contributed by atoms with van der Waals surface area (Å²) < 4.78 is 11.3. The van der Waals surface area contributed by atoms with Gasteiger partial charge in [0.05, 0.1) is 23.5 Å². The number of benzene rings is 2. The van der Waals surface area contributed by atoms with Crippen LogP contribution in [0.1, 0.15) is 23.2 Å². The quantitative estimate of drug-likeness (QED) is 0.756. The molecule has 1 aromatic heterocycles. The first-order chi connectivity index (χ1) is 12.8. The van der Waals surface area contributed by atoms with Crippen molar-refractivity contribution in [3.8, 4) is 5.75 Å². The maximum absolute atomic E-state index is 12.4. The second-order valence-electron chi connectivity index (χ2n) is 6.34. The summed E-state index contributed by atoms with van der Waals surface area (Å²) in [6.07, 6.45) is 3.98. The number of pyridine rings is 1. The number of amides is 1. The Morgan fingerprint density at radius 1 is 1.19 bits per heavy atom. The molecule has 3 aromatic rings. The summed E-state index contributed by atoms with van der Waals surface area (Å²) in [6, 6.07) is 16.9. The molecule has 0 spiro atoms. The molecule has 1 atom stereocenters. The van der Waals surface area contributed by atoms with Gasteiger partial charge in [-0.05, 0) is 49.2 Å². The van der Waals surface area contributed by atoms with Gasteiger partial charge in [0.2, 0.25) is 0 Å². The highest BCUT2D eigenvalue weighted by atomic mass is 16.5. The topological polar surface area (TPSA) is 60.5 Å². The molecule has 1 unspecified atom stereocenters. The van der Waals surface area contributed by atoms with Crippen LogP contribution in [-0.4, -0.2) is 30.2 Å². The van der Waals surface area contributed by atoms with Gasteiger partial charge in [0, 0.05) is 17.6 Å². The molecule has 1 amide bonds. The predicted octanol–water partition coefficient (Wildman–Crippen LogP) is 4.04. The average molecular weight is 348 g/mol. The number of carbonyl (C=O) groups is 1. The molecule has 1 aliphatic heterocycles. The molecule has 5 nitrogen and oxygen atoms in total. The minimum atomic E-state index is -0.173. The van der Waals surface area contributed by atoms with Crippen LogP contribution >= 0.6 is 0 Å². The lowest BCUT2D eigenvalue weighted by atomic mass is 10.2. The zero-order valence-corrected chi connectivity index (χ0v) is 14.4. The Labute approximate surface area is 152 Å². The van der Waals surface area contributed by atoms with E-state index in [1.807, 2.05) is 42.5 Å². The fourth-order valence-corrected chi connectivity index (χ4v) is 3.01. The highest BCUT2D eigenvalue weighted by Gasteiger charge is 2.16. The van der Waals surface area contributed by atoms with Gasteiger partial charge in [0.25, 0.3) is 5.91 Å². The van der Waals surface area contributed by atoms with Crippen molar-refractivity contribution in [3.63, 3.8) is 0 Å². The molecule has 2 heterocycles. The molecule has 1 saturated heterocycles. The predicted molar refractivity (Wildman–Crippen MR) is 101 cm³/mol. The van der Waals surface area contributed by atoms with Crippen molar-refractivity contribution in [1.82, 2.24) is 4.98 Å². The van der Waals surface area contributed by atoms with E-state index in [1.165, 1.54) is 0 Å². The molecule has 26 heavy (non-hydrogen) atoms. The lowest BCUT2D eigenvalue weighted by Gasteiger charge is -2.12. The number of fused-ring (bicyclic) bond motifs is 1. The number of carbonyl (C=O) groups excluding carboxylic acids is 1. The molecule has 0 radical (unpaired) electrons. The SMILES string of the molecule is O=C(Nc1cnc2ccccc2c1)c1ccc(OCC2CCCO2)cc1. The summed E-state index contributed by atoms with van der Waals surface area (Å²) >= 11 is 0. The van der Waals surface area contributed by atoms with E-state index in [0.29, 0.717) is 17.9 Å². The van der Waals surface area contributed by atoms with Gasteiger partial charge in [-0.2, -0.15) is 0 Å². The zero-order chi connectivity index (χ0) is 17.8. The Kier molecular flexibility index (Phi) is 4.80. The third-order valence-corrected chi connectivity index (χ3v) is 4.42. The van der Waals surface area contributed by atoms with Gasteiger partial charge in [0.1, 0.15) is 12.4 Å². The normalized spacial score (nSPS) is 16.5. The number of rotatable bonds is 5. The Hall–Kier alpha value is -2.92. The Balaban J connectivity index is 1.38. The molecule has 5 heteroatoms. The summed E-state index contributed by atoms with van der Waals surface area (Å²) in [5.41, 5.74) is 2.15. The van der Waals surface area contributed by atoms with Crippen molar-refractivity contribution in [2.75, 3.05) is 18.5 Å². The van der Waals surface area contributed by atoms with Crippen LogP contribution in [0.4, 0.5) is 5.69 Å². The molecule has 1 N–H and O–H groups in total. The Morgan fingerprint density at radius 3 is 2.85 bits per heavy atom. The van der Waals surface area contributed by atoms with Crippen LogP contribution in [0.25, 0.3) is 10.9 Å². The molecule has 132 valence electrons. The van der Waals surface area contributed by atoms with Crippen LogP contribution in [0.15, 0.2) is 60.8 Å². The average Bonchev–Trinajstić information content (AvgIpc) is 3.20. The van der Waals surface area contributed by atoms with Gasteiger partial charge >= 0.3 is 0 Å². The van der Waals surface area contributed by atoms with Crippen LogP contribution in [0, 0.1) is 0 Å². The minimum Gasteiger partial charge on any atom is -0.491 e. The summed E-state index contributed by atoms with van der Waals surface area (Å²) in [4.78, 5) is 16.8. The molecular weight excluding hydrogens is 328 g/mol. The van der Waals surface area contributed by atoms with Crippen LogP contribution in [0.2, 0.25) is 0 Å². The van der Waals surface area contributed by atoms with E-state index in [2.05, 4.69) is 10.3 Å². The lowest BCUT2D eigenvalue weighted by molar-refractivity contribution is 0.0679. The molecule has 1 fully saturated rings. The van der Waals surface area contributed by atoms with Gasteiger partial charge in [-0.15, -0.1) is 0 Å². The number of ether oxygens (including phenoxy) is 2. The maximum Gasteiger partial charge on any atom is 0.255 e. The van der Waals surface area contributed by atoms with Crippen molar-refractivity contribution in [2.24, 2.45) is 0 Å². The Bertz CT molecular complexity index is 903.